The van der Waals surface area contributed by atoms with Gasteiger partial charge in [-0.15, -0.1) is 0 Å². The van der Waals surface area contributed by atoms with Crippen LogP contribution in [0, 0.1) is 18.8 Å². The van der Waals surface area contributed by atoms with Crippen LogP contribution in [-0.2, 0) is 4.74 Å². The fourth-order valence-corrected chi connectivity index (χ4v) is 3.76. The Bertz CT molecular complexity index is 410. The Balaban J connectivity index is 0.000000847. The first-order chi connectivity index (χ1) is 10.7. The van der Waals surface area contributed by atoms with Crippen LogP contribution in [0.2, 0.25) is 0 Å². The van der Waals surface area contributed by atoms with Crippen LogP contribution in [0.1, 0.15) is 69.6 Å². The van der Waals surface area contributed by atoms with Gasteiger partial charge in [0.15, 0.2) is 0 Å². The highest BCUT2D eigenvalue weighted by atomic mass is 16.5. The van der Waals surface area contributed by atoms with Crippen LogP contribution in [0.15, 0.2) is 24.3 Å². The second-order valence-electron chi connectivity index (χ2n) is 6.64. The van der Waals surface area contributed by atoms with Gasteiger partial charge in [0.1, 0.15) is 0 Å². The number of aliphatic hydroxyl groups excluding tert-OH is 1. The number of rotatable bonds is 2. The highest BCUT2D eigenvalue weighted by molar-refractivity contribution is 5.23. The molecule has 1 N–H and O–H groups in total. The zero-order valence-electron chi connectivity index (χ0n) is 14.4. The molecule has 2 atom stereocenters. The van der Waals surface area contributed by atoms with Gasteiger partial charge in [-0.25, -0.2) is 0 Å². The molecule has 1 heterocycles. The molecule has 124 valence electrons. The third kappa shape index (κ3) is 4.57. The molecule has 22 heavy (non-hydrogen) atoms. The third-order valence-corrected chi connectivity index (χ3v) is 5.17. The molecule has 3 rings (SSSR count). The van der Waals surface area contributed by atoms with Gasteiger partial charge in [0.25, 0.3) is 0 Å². The Hall–Kier alpha value is -0.860. The van der Waals surface area contributed by atoms with E-state index in [9.17, 15) is 5.11 Å². The predicted octanol–water partition coefficient (Wildman–Crippen LogP) is 5.04. The van der Waals surface area contributed by atoms with Gasteiger partial charge >= 0.3 is 0 Å². The van der Waals surface area contributed by atoms with Crippen molar-refractivity contribution in [3.63, 3.8) is 0 Å². The molecule has 1 aliphatic carbocycles. The summed E-state index contributed by atoms with van der Waals surface area (Å²) in [6, 6.07) is 8.76. The Morgan fingerprint density at radius 1 is 0.864 bits per heavy atom. The summed E-state index contributed by atoms with van der Waals surface area (Å²) in [6.45, 7) is 7.03. The molecule has 2 fully saturated rings. The number of hydrogen-bond donors (Lipinski definition) is 1. The lowest BCUT2D eigenvalue weighted by Crippen LogP contribution is -2.30. The van der Waals surface area contributed by atoms with Crippen LogP contribution in [0.25, 0.3) is 0 Å². The SMILES string of the molecule is CC.Cc1ccc(C2CCC(C3CCC(O)CC3)CO2)cc1. The molecule has 2 aliphatic rings. The van der Waals surface area contributed by atoms with Crippen molar-refractivity contribution in [2.75, 3.05) is 6.61 Å². The smallest absolute Gasteiger partial charge is 0.0825 e. The molecule has 1 saturated carbocycles. The van der Waals surface area contributed by atoms with Gasteiger partial charge in [-0.2, -0.15) is 0 Å². The fraction of sp³-hybridized carbons (Fsp3) is 0.700. The van der Waals surface area contributed by atoms with Gasteiger partial charge in [-0.1, -0.05) is 43.7 Å². The van der Waals surface area contributed by atoms with E-state index in [0.717, 1.165) is 31.8 Å². The first-order valence-corrected chi connectivity index (χ1v) is 9.08. The maximum atomic E-state index is 9.61. The molecule has 1 aliphatic heterocycles. The zero-order valence-corrected chi connectivity index (χ0v) is 14.4. The quantitative estimate of drug-likeness (QED) is 0.829. The van der Waals surface area contributed by atoms with E-state index in [1.54, 1.807) is 0 Å². The number of aryl methyl sites for hydroxylation is 1. The second kappa shape index (κ2) is 8.69. The average molecular weight is 304 g/mol. The first-order valence-electron chi connectivity index (χ1n) is 9.08. The van der Waals surface area contributed by atoms with Gasteiger partial charge in [-0.3, -0.25) is 0 Å². The van der Waals surface area contributed by atoms with Crippen molar-refractivity contribution >= 4 is 0 Å². The molecule has 2 heteroatoms. The number of aliphatic hydroxyl groups is 1. The minimum atomic E-state index is -0.0453. The average Bonchev–Trinajstić information content (AvgIpc) is 2.58. The topological polar surface area (TPSA) is 29.5 Å². The van der Waals surface area contributed by atoms with Crippen molar-refractivity contribution in [2.24, 2.45) is 11.8 Å². The van der Waals surface area contributed by atoms with Crippen LogP contribution >= 0.6 is 0 Å². The van der Waals surface area contributed by atoms with E-state index in [1.165, 1.54) is 30.4 Å². The predicted molar refractivity (Wildman–Crippen MR) is 91.9 cm³/mol. The molecule has 0 bridgehead atoms. The lowest BCUT2D eigenvalue weighted by molar-refractivity contribution is -0.0440. The van der Waals surface area contributed by atoms with E-state index in [2.05, 4.69) is 31.2 Å². The van der Waals surface area contributed by atoms with Gasteiger partial charge in [0, 0.05) is 0 Å². The van der Waals surface area contributed by atoms with Crippen LogP contribution < -0.4 is 0 Å². The summed E-state index contributed by atoms with van der Waals surface area (Å²) in [5.41, 5.74) is 2.64. The summed E-state index contributed by atoms with van der Waals surface area (Å²) < 4.78 is 6.13. The largest absolute Gasteiger partial charge is 0.393 e. The molecule has 1 saturated heterocycles. The van der Waals surface area contributed by atoms with Crippen molar-refractivity contribution in [1.82, 2.24) is 0 Å². The van der Waals surface area contributed by atoms with E-state index in [-0.39, 0.29) is 6.10 Å². The van der Waals surface area contributed by atoms with E-state index in [4.69, 9.17) is 4.74 Å². The maximum absolute atomic E-state index is 9.61. The Morgan fingerprint density at radius 3 is 2.00 bits per heavy atom. The third-order valence-electron chi connectivity index (χ3n) is 5.17. The minimum Gasteiger partial charge on any atom is -0.393 e. The second-order valence-corrected chi connectivity index (χ2v) is 6.64. The Kier molecular flexibility index (Phi) is 6.91. The van der Waals surface area contributed by atoms with Crippen LogP contribution in [0.5, 0.6) is 0 Å². The molecule has 1 aromatic carbocycles. The Labute approximate surface area is 135 Å². The lowest BCUT2D eigenvalue weighted by Gasteiger charge is -2.37. The summed E-state index contributed by atoms with van der Waals surface area (Å²) in [7, 11) is 0. The van der Waals surface area contributed by atoms with Crippen molar-refractivity contribution < 1.29 is 9.84 Å². The van der Waals surface area contributed by atoms with Gasteiger partial charge in [0.05, 0.1) is 18.8 Å². The number of benzene rings is 1. The van der Waals surface area contributed by atoms with Crippen LogP contribution in [-0.4, -0.2) is 17.8 Å². The van der Waals surface area contributed by atoms with Gasteiger partial charge < -0.3 is 9.84 Å². The molecule has 1 aromatic rings. The summed E-state index contributed by atoms with van der Waals surface area (Å²) >= 11 is 0. The molecule has 0 amide bonds. The monoisotopic (exact) mass is 304 g/mol. The lowest BCUT2D eigenvalue weighted by atomic mass is 9.76. The van der Waals surface area contributed by atoms with Crippen molar-refractivity contribution in [1.29, 1.82) is 0 Å². The molecule has 2 nitrogen and oxygen atoms in total. The highest BCUT2D eigenvalue weighted by Gasteiger charge is 2.31. The van der Waals surface area contributed by atoms with Crippen molar-refractivity contribution in [3.8, 4) is 0 Å². The van der Waals surface area contributed by atoms with Crippen molar-refractivity contribution in [3.05, 3.63) is 35.4 Å². The van der Waals surface area contributed by atoms with Gasteiger partial charge in [0.2, 0.25) is 0 Å². The molecular weight excluding hydrogens is 272 g/mol. The molecule has 0 aromatic heterocycles. The summed E-state index contributed by atoms with van der Waals surface area (Å²) in [6.07, 6.45) is 7.02. The first kappa shape index (κ1) is 17.5. The van der Waals surface area contributed by atoms with Crippen LogP contribution in [0.3, 0.4) is 0 Å². The van der Waals surface area contributed by atoms with E-state index >= 15 is 0 Å². The standard InChI is InChI=1S/C18H26O2.C2H6/c1-13-2-4-15(5-3-13)18-11-8-16(12-20-18)14-6-9-17(19)10-7-14;1-2/h2-5,14,16-19H,6-12H2,1H3;1-2H3. The summed E-state index contributed by atoms with van der Waals surface area (Å²) in [4.78, 5) is 0. The van der Waals surface area contributed by atoms with Crippen LogP contribution in [0.4, 0.5) is 0 Å². The normalized spacial score (nSPS) is 32.0. The number of ether oxygens (including phenoxy) is 1. The zero-order chi connectivity index (χ0) is 15.9. The maximum Gasteiger partial charge on any atom is 0.0825 e. The van der Waals surface area contributed by atoms with E-state index in [0.29, 0.717) is 12.0 Å². The molecule has 0 radical (unpaired) electrons. The fourth-order valence-electron chi connectivity index (χ4n) is 3.76. The Morgan fingerprint density at radius 2 is 1.45 bits per heavy atom. The van der Waals surface area contributed by atoms with Crippen molar-refractivity contribution in [2.45, 2.75) is 71.5 Å². The van der Waals surface area contributed by atoms with E-state index in [1.807, 2.05) is 13.8 Å². The van der Waals surface area contributed by atoms with E-state index < -0.39 is 0 Å². The number of hydrogen-bond acceptors (Lipinski definition) is 2. The molecule has 2 unspecified atom stereocenters. The molecular formula is C20H32O2. The summed E-state index contributed by atoms with van der Waals surface area (Å²) in [5, 5.41) is 9.61. The minimum absolute atomic E-state index is 0.0453. The summed E-state index contributed by atoms with van der Waals surface area (Å²) in [5.74, 6) is 1.49. The highest BCUT2D eigenvalue weighted by Crippen LogP contribution is 2.39. The van der Waals surface area contributed by atoms with Gasteiger partial charge in [-0.05, 0) is 62.8 Å². The molecule has 0 spiro atoms.